The number of hydrogen-bond acceptors (Lipinski definition) is 7. The third-order valence-electron chi connectivity index (χ3n) is 4.97. The van der Waals surface area contributed by atoms with E-state index in [0.717, 1.165) is 42.7 Å². The van der Waals surface area contributed by atoms with Gasteiger partial charge in [0, 0.05) is 24.7 Å². The van der Waals surface area contributed by atoms with Gasteiger partial charge in [-0.1, -0.05) is 30.1 Å². The molecule has 6 nitrogen and oxygen atoms in total. The van der Waals surface area contributed by atoms with Crippen molar-refractivity contribution in [2.75, 3.05) is 29.0 Å². The van der Waals surface area contributed by atoms with Crippen LogP contribution >= 0.6 is 23.3 Å². The largest absolute Gasteiger partial charge is 0.342 e. The minimum absolute atomic E-state index is 0.0440. The molecule has 4 rings (SSSR count). The van der Waals surface area contributed by atoms with Crippen molar-refractivity contribution in [3.63, 3.8) is 0 Å². The number of thiophene rings is 1. The van der Waals surface area contributed by atoms with Gasteiger partial charge in [-0.05, 0) is 30.9 Å². The van der Waals surface area contributed by atoms with Crippen LogP contribution in [-0.4, -0.2) is 28.9 Å². The van der Waals surface area contributed by atoms with Crippen LogP contribution in [-0.2, 0) is 6.54 Å². The van der Waals surface area contributed by atoms with Gasteiger partial charge in [0.2, 0.25) is 5.95 Å². The lowest BCUT2D eigenvalue weighted by Gasteiger charge is -2.29. The fraction of sp³-hybridized carbons (Fsp3) is 0.350. The molecule has 28 heavy (non-hydrogen) atoms. The lowest BCUT2D eigenvalue weighted by molar-refractivity contribution is 0.553. The van der Waals surface area contributed by atoms with Crippen LogP contribution in [0.2, 0.25) is 0 Å². The number of nitrogens with one attached hydrogen (secondary N) is 1. The normalized spacial score (nSPS) is 14.2. The molecule has 0 spiro atoms. The number of nitrogens with zero attached hydrogens (tertiary/aromatic N) is 4. The van der Waals surface area contributed by atoms with Crippen molar-refractivity contribution in [2.45, 2.75) is 25.8 Å². The van der Waals surface area contributed by atoms with E-state index in [1.54, 1.807) is 10.6 Å². The second kappa shape index (κ2) is 8.25. The zero-order valence-corrected chi connectivity index (χ0v) is 17.3. The summed E-state index contributed by atoms with van der Waals surface area (Å²) in [7, 11) is 0. The van der Waals surface area contributed by atoms with Gasteiger partial charge in [0.05, 0.1) is 23.9 Å². The van der Waals surface area contributed by atoms with Crippen LogP contribution < -0.4 is 15.2 Å². The number of piperidine rings is 1. The number of anilines is 2. The maximum absolute atomic E-state index is 13.4. The highest BCUT2D eigenvalue weighted by atomic mass is 32.2. The lowest BCUT2D eigenvalue weighted by Crippen LogP contribution is -2.36. The highest BCUT2D eigenvalue weighted by molar-refractivity contribution is 7.99. The second-order valence-electron chi connectivity index (χ2n) is 6.75. The van der Waals surface area contributed by atoms with Crippen molar-refractivity contribution in [3.8, 4) is 6.07 Å². The number of nitriles is 1. The molecular weight excluding hydrogens is 390 g/mol. The first-order chi connectivity index (χ1) is 13.7. The zero-order chi connectivity index (χ0) is 19.5. The number of aromatic nitrogens is 2. The topological polar surface area (TPSA) is 74.0 Å². The zero-order valence-electron chi connectivity index (χ0n) is 15.6. The van der Waals surface area contributed by atoms with Crippen molar-refractivity contribution in [1.29, 1.82) is 5.26 Å². The van der Waals surface area contributed by atoms with E-state index in [1.165, 1.54) is 29.7 Å². The Labute approximate surface area is 171 Å². The van der Waals surface area contributed by atoms with Crippen LogP contribution in [0.3, 0.4) is 0 Å². The molecule has 0 bridgehead atoms. The summed E-state index contributed by atoms with van der Waals surface area (Å²) in [4.78, 5) is 20.5. The molecule has 0 radical (unpaired) electrons. The number of fused-ring (bicyclic) bond motifs is 1. The molecule has 2 aromatic heterocycles. The summed E-state index contributed by atoms with van der Waals surface area (Å²) >= 11 is 2.91. The Morgan fingerprint density at radius 2 is 2.07 bits per heavy atom. The predicted octanol–water partition coefficient (Wildman–Crippen LogP) is 4.06. The van der Waals surface area contributed by atoms with E-state index >= 15 is 0 Å². The van der Waals surface area contributed by atoms with Gasteiger partial charge in [0.1, 0.15) is 10.2 Å². The molecule has 1 saturated heterocycles. The first-order valence-electron chi connectivity index (χ1n) is 9.27. The predicted molar refractivity (Wildman–Crippen MR) is 117 cm³/mol. The molecular formula is C20H21N5OS2. The summed E-state index contributed by atoms with van der Waals surface area (Å²) < 4.78 is 5.61. The van der Waals surface area contributed by atoms with E-state index in [-0.39, 0.29) is 5.56 Å². The Morgan fingerprint density at radius 1 is 1.29 bits per heavy atom. The SMILES string of the molecule is CSNc1csc2c(=O)n(Cc3ccccc3C#N)c(N3CCCCC3)nc12. The minimum Gasteiger partial charge on any atom is -0.342 e. The van der Waals surface area contributed by atoms with Gasteiger partial charge in [0.15, 0.2) is 0 Å². The summed E-state index contributed by atoms with van der Waals surface area (Å²) in [5.74, 6) is 0.701. The van der Waals surface area contributed by atoms with Crippen LogP contribution in [0.25, 0.3) is 10.2 Å². The van der Waals surface area contributed by atoms with Crippen LogP contribution in [0.15, 0.2) is 34.4 Å². The quantitative estimate of drug-likeness (QED) is 0.638. The van der Waals surface area contributed by atoms with Gasteiger partial charge < -0.3 is 9.62 Å². The monoisotopic (exact) mass is 411 g/mol. The van der Waals surface area contributed by atoms with E-state index in [1.807, 2.05) is 29.8 Å². The van der Waals surface area contributed by atoms with Crippen molar-refractivity contribution in [3.05, 3.63) is 51.1 Å². The minimum atomic E-state index is -0.0440. The smallest absolute Gasteiger partial charge is 0.273 e. The summed E-state index contributed by atoms with van der Waals surface area (Å²) in [5.41, 5.74) is 3.00. The molecule has 0 amide bonds. The molecule has 1 aliphatic rings. The fourth-order valence-corrected chi connectivity index (χ4v) is 4.92. The van der Waals surface area contributed by atoms with Gasteiger partial charge >= 0.3 is 0 Å². The summed E-state index contributed by atoms with van der Waals surface area (Å²) in [6.45, 7) is 2.14. The van der Waals surface area contributed by atoms with Gasteiger partial charge in [-0.15, -0.1) is 11.3 Å². The molecule has 0 unspecified atom stereocenters. The maximum atomic E-state index is 13.4. The van der Waals surface area contributed by atoms with Gasteiger partial charge in [-0.3, -0.25) is 9.36 Å². The molecule has 0 atom stereocenters. The Balaban J connectivity index is 1.89. The molecule has 1 N–H and O–H groups in total. The molecule has 1 aromatic carbocycles. The number of hydrogen-bond donors (Lipinski definition) is 1. The average Bonchev–Trinajstić information content (AvgIpc) is 3.14. The molecule has 0 aliphatic carbocycles. The Hall–Kier alpha value is -2.50. The molecule has 8 heteroatoms. The van der Waals surface area contributed by atoms with E-state index < -0.39 is 0 Å². The van der Waals surface area contributed by atoms with E-state index in [9.17, 15) is 10.1 Å². The summed E-state index contributed by atoms with van der Waals surface area (Å²) in [5, 5.41) is 11.4. The third kappa shape index (κ3) is 3.48. The average molecular weight is 412 g/mol. The van der Waals surface area contributed by atoms with Crippen molar-refractivity contribution in [1.82, 2.24) is 9.55 Å². The number of benzene rings is 1. The maximum Gasteiger partial charge on any atom is 0.273 e. The molecule has 0 saturated carbocycles. The standard InChI is InChI=1S/C20H21N5OS2/c1-27-23-16-13-28-18-17(16)22-20(24-9-5-2-6-10-24)25(19(18)26)12-15-8-4-3-7-14(15)11-21/h3-4,7-8,13,23H,2,5-6,9-10,12H2,1H3. The summed E-state index contributed by atoms with van der Waals surface area (Å²) in [6, 6.07) is 9.68. The third-order valence-corrected chi connectivity index (χ3v) is 6.36. The van der Waals surface area contributed by atoms with Crippen molar-refractivity contribution >= 4 is 45.1 Å². The molecule has 3 heterocycles. The second-order valence-corrected chi connectivity index (χ2v) is 8.25. The van der Waals surface area contributed by atoms with E-state index in [4.69, 9.17) is 4.98 Å². The van der Waals surface area contributed by atoms with Gasteiger partial charge in [-0.2, -0.15) is 5.26 Å². The highest BCUT2D eigenvalue weighted by Gasteiger charge is 2.22. The van der Waals surface area contributed by atoms with E-state index in [0.29, 0.717) is 22.8 Å². The van der Waals surface area contributed by atoms with Gasteiger partial charge in [0.25, 0.3) is 5.56 Å². The molecule has 3 aromatic rings. The lowest BCUT2D eigenvalue weighted by atomic mass is 10.1. The first kappa shape index (κ1) is 18.8. The Bertz CT molecular complexity index is 1090. The first-order valence-corrected chi connectivity index (χ1v) is 11.4. The van der Waals surface area contributed by atoms with Crippen molar-refractivity contribution in [2.24, 2.45) is 0 Å². The van der Waals surface area contributed by atoms with Crippen molar-refractivity contribution < 1.29 is 0 Å². The molecule has 1 aliphatic heterocycles. The number of rotatable bonds is 5. The van der Waals surface area contributed by atoms with Crippen LogP contribution in [0, 0.1) is 11.3 Å². The van der Waals surface area contributed by atoms with Gasteiger partial charge in [-0.25, -0.2) is 4.98 Å². The van der Waals surface area contributed by atoms with Crippen LogP contribution in [0.5, 0.6) is 0 Å². The van der Waals surface area contributed by atoms with Crippen LogP contribution in [0.4, 0.5) is 11.6 Å². The molecule has 144 valence electrons. The van der Waals surface area contributed by atoms with Crippen LogP contribution in [0.1, 0.15) is 30.4 Å². The molecule has 1 fully saturated rings. The fourth-order valence-electron chi connectivity index (χ4n) is 3.59. The highest BCUT2D eigenvalue weighted by Crippen LogP contribution is 2.30. The Morgan fingerprint density at radius 3 is 2.82 bits per heavy atom. The Kier molecular flexibility index (Phi) is 5.55. The van der Waals surface area contributed by atoms with E-state index in [2.05, 4.69) is 15.7 Å². The summed E-state index contributed by atoms with van der Waals surface area (Å²) in [6.07, 6.45) is 5.36.